The van der Waals surface area contributed by atoms with Crippen LogP contribution < -0.4 is 0 Å². The fraction of sp³-hybridized carbons (Fsp3) is 1.00. The van der Waals surface area contributed by atoms with Gasteiger partial charge in [-0.1, -0.05) is 12.1 Å². The van der Waals surface area contributed by atoms with Crippen LogP contribution in [0.5, 0.6) is 0 Å². The molecule has 0 aliphatic carbocycles. The molecule has 24 heavy (non-hydrogen) atoms. The molecule has 0 radical (unpaired) electrons. The minimum Gasteiger partial charge on any atom is -0.352 e. The second-order valence-corrected chi connectivity index (χ2v) is 15.8. The topological polar surface area (TPSA) is 36.9 Å². The van der Waals surface area contributed by atoms with Crippen LogP contribution in [0, 0.1) is 0 Å². The lowest BCUT2D eigenvalue weighted by Crippen LogP contribution is -2.50. The largest absolute Gasteiger partial charge is 0.352 e. The van der Waals surface area contributed by atoms with Crippen molar-refractivity contribution in [3.05, 3.63) is 0 Å². The third-order valence-corrected chi connectivity index (χ3v) is 8.65. The quantitative estimate of drug-likeness (QED) is 0.386. The normalized spacial score (nSPS) is 16.1. The first kappa shape index (κ1) is 24.3. The lowest BCUT2D eigenvalue weighted by atomic mass is 10.4. The molecule has 0 bridgehead atoms. The Morgan fingerprint density at radius 1 is 0.500 bits per heavy atom. The first-order chi connectivity index (χ1) is 10.8. The summed E-state index contributed by atoms with van der Waals surface area (Å²) in [7, 11) is -1.25. The molecule has 0 saturated heterocycles. The van der Waals surface area contributed by atoms with E-state index in [0.717, 1.165) is 0 Å². The van der Waals surface area contributed by atoms with Crippen molar-refractivity contribution < 1.29 is 18.9 Å². The molecule has 0 atom stereocenters. The van der Waals surface area contributed by atoms with Gasteiger partial charge in [-0.3, -0.25) is 0 Å². The summed E-state index contributed by atoms with van der Waals surface area (Å²) < 4.78 is 24.7. The van der Waals surface area contributed by atoms with Gasteiger partial charge in [0.25, 0.3) is 0 Å². The molecule has 146 valence electrons. The van der Waals surface area contributed by atoms with Crippen molar-refractivity contribution in [1.29, 1.82) is 0 Å². The van der Waals surface area contributed by atoms with Gasteiger partial charge in [-0.15, -0.1) is 0 Å². The molecule has 4 nitrogen and oxygen atoms in total. The van der Waals surface area contributed by atoms with Crippen molar-refractivity contribution >= 4 is 19.0 Å². The zero-order valence-corrected chi connectivity index (χ0v) is 20.8. The summed E-state index contributed by atoms with van der Waals surface area (Å²) in [6.45, 7) is 23.2. The van der Waals surface area contributed by atoms with Crippen LogP contribution >= 0.6 is 0 Å². The summed E-state index contributed by atoms with van der Waals surface area (Å²) in [5.74, 6) is 0. The summed E-state index contributed by atoms with van der Waals surface area (Å²) in [5.41, 5.74) is -0.851. The van der Waals surface area contributed by atoms with Crippen LogP contribution in [0.4, 0.5) is 0 Å². The van der Waals surface area contributed by atoms with Gasteiger partial charge in [0.15, 0.2) is 0 Å². The van der Waals surface area contributed by atoms with Crippen LogP contribution in [0.1, 0.15) is 76.2 Å². The molecule has 0 spiro atoms. The lowest BCUT2D eigenvalue weighted by Gasteiger charge is -2.39. The molecule has 0 N–H and O–H groups in total. The Kier molecular flexibility index (Phi) is 10.5. The molecule has 0 fully saturated rings. The molecular weight excluding hydrogens is 336 g/mol. The van der Waals surface area contributed by atoms with Crippen molar-refractivity contribution in [3.63, 3.8) is 0 Å². The maximum Gasteiger partial charge on any atom is 0.142 e. The van der Waals surface area contributed by atoms with Gasteiger partial charge in [0.1, 0.15) is 10.8 Å². The molecular formula is C18H42O4Si2. The Morgan fingerprint density at radius 3 is 0.875 bits per heavy atom. The molecule has 0 saturated carbocycles. The van der Waals surface area contributed by atoms with Gasteiger partial charge in [0.05, 0.1) is 43.5 Å². The van der Waals surface area contributed by atoms with Crippen molar-refractivity contribution in [2.45, 2.75) is 117 Å². The van der Waals surface area contributed by atoms with Crippen molar-refractivity contribution in [3.8, 4) is 0 Å². The van der Waals surface area contributed by atoms with Gasteiger partial charge in [-0.2, -0.15) is 0 Å². The van der Waals surface area contributed by atoms with E-state index in [2.05, 4.69) is 76.2 Å². The maximum atomic E-state index is 6.18. The van der Waals surface area contributed by atoms with Crippen LogP contribution in [0.3, 0.4) is 0 Å². The van der Waals surface area contributed by atoms with E-state index in [1.165, 1.54) is 0 Å². The van der Waals surface area contributed by atoms with Crippen LogP contribution in [-0.4, -0.2) is 54.3 Å². The molecule has 0 amide bonds. The molecule has 0 rings (SSSR count). The highest BCUT2D eigenvalue weighted by molar-refractivity contribution is 6.61. The Bertz CT molecular complexity index is 294. The van der Waals surface area contributed by atoms with Crippen LogP contribution in [0.2, 0.25) is 5.16 Å². The van der Waals surface area contributed by atoms with E-state index < -0.39 is 29.9 Å². The van der Waals surface area contributed by atoms with Gasteiger partial charge in [-0.05, 0) is 69.2 Å². The fourth-order valence-corrected chi connectivity index (χ4v) is 11.6. The van der Waals surface area contributed by atoms with Crippen molar-refractivity contribution in [2.75, 3.05) is 0 Å². The van der Waals surface area contributed by atoms with Gasteiger partial charge in [-0.25, -0.2) is 0 Å². The second kappa shape index (κ2) is 10.4. The molecule has 0 unspecified atom stereocenters. The van der Waals surface area contributed by atoms with Crippen LogP contribution in [0.15, 0.2) is 0 Å². The average molecular weight is 379 g/mol. The van der Waals surface area contributed by atoms with E-state index in [4.69, 9.17) is 18.9 Å². The zero-order valence-electron chi connectivity index (χ0n) is 17.9. The third kappa shape index (κ3) is 11.0. The van der Waals surface area contributed by atoms with Crippen molar-refractivity contribution in [1.82, 2.24) is 0 Å². The lowest BCUT2D eigenvalue weighted by molar-refractivity contribution is -0.208. The molecule has 0 aromatic heterocycles. The Balaban J connectivity index is 5.02. The van der Waals surface area contributed by atoms with E-state index in [1.54, 1.807) is 0 Å². The highest BCUT2D eigenvalue weighted by Crippen LogP contribution is 2.26. The molecule has 0 heterocycles. The number of hydrogen-bond donors (Lipinski definition) is 0. The molecule has 0 aromatic rings. The Hall–Kier alpha value is 0.274. The minimum absolute atomic E-state index is 0.167. The predicted octanol–water partition coefficient (Wildman–Crippen LogP) is 3.14. The summed E-state index contributed by atoms with van der Waals surface area (Å²) in [6.07, 6.45) is 0.668. The fourth-order valence-electron chi connectivity index (χ4n) is 3.58. The second-order valence-electron chi connectivity index (χ2n) is 8.45. The van der Waals surface area contributed by atoms with E-state index in [1.807, 2.05) is 0 Å². The highest BCUT2D eigenvalue weighted by Gasteiger charge is 2.37. The average Bonchev–Trinajstić information content (AvgIpc) is 2.20. The van der Waals surface area contributed by atoms with E-state index >= 15 is 0 Å². The highest BCUT2D eigenvalue weighted by atomic mass is 28.3. The molecule has 0 aromatic carbocycles. The third-order valence-electron chi connectivity index (χ3n) is 3.38. The Morgan fingerprint density at radius 2 is 0.708 bits per heavy atom. The zero-order chi connectivity index (χ0) is 19.1. The molecule has 0 aliphatic heterocycles. The molecule has 0 aliphatic rings. The summed E-state index contributed by atoms with van der Waals surface area (Å²) >= 11 is 0. The van der Waals surface area contributed by atoms with E-state index in [9.17, 15) is 0 Å². The number of rotatable bonds is 12. The first-order valence-corrected chi connectivity index (χ1v) is 12.5. The first-order valence-electron chi connectivity index (χ1n) is 9.48. The van der Waals surface area contributed by atoms with E-state index in [0.29, 0.717) is 5.16 Å². The monoisotopic (exact) mass is 378 g/mol. The summed E-state index contributed by atoms with van der Waals surface area (Å²) in [4.78, 5) is 0. The predicted molar refractivity (Wildman–Crippen MR) is 108 cm³/mol. The standard InChI is InChI=1S/C18H42O4Si2/c1-12(2)19-17(10,20-13(3)4)23-16(9)24-18(11,21-14(5)6)22-15(7)8/h12-16H,23-24H2,1-11H3. The Labute approximate surface area is 155 Å². The summed E-state index contributed by atoms with van der Waals surface area (Å²) in [5, 5.41) is 0.606. The van der Waals surface area contributed by atoms with Gasteiger partial charge < -0.3 is 18.9 Å². The van der Waals surface area contributed by atoms with Crippen molar-refractivity contribution in [2.24, 2.45) is 0 Å². The summed E-state index contributed by atoms with van der Waals surface area (Å²) in [6, 6.07) is 0. The van der Waals surface area contributed by atoms with Crippen LogP contribution in [0.25, 0.3) is 0 Å². The number of ether oxygens (including phenoxy) is 4. The van der Waals surface area contributed by atoms with Gasteiger partial charge in [0, 0.05) is 0 Å². The molecule has 6 heteroatoms. The SMILES string of the molecule is CC(C)OC(C)(OC(C)C)[SiH2]C(C)[SiH2]C(C)(OC(C)C)OC(C)C. The minimum atomic E-state index is -0.623. The smallest absolute Gasteiger partial charge is 0.142 e. The van der Waals surface area contributed by atoms with Gasteiger partial charge in [0.2, 0.25) is 0 Å². The van der Waals surface area contributed by atoms with Crippen LogP contribution in [-0.2, 0) is 18.9 Å². The maximum absolute atomic E-state index is 6.18. The van der Waals surface area contributed by atoms with E-state index in [-0.39, 0.29) is 24.4 Å². The van der Waals surface area contributed by atoms with Gasteiger partial charge >= 0.3 is 0 Å². The number of hydrogen-bond acceptors (Lipinski definition) is 4.